The molecule has 0 saturated carbocycles. The zero-order valence-corrected chi connectivity index (χ0v) is 18.4. The van der Waals surface area contributed by atoms with Gasteiger partial charge in [0.15, 0.2) is 11.5 Å². The normalized spacial score (nSPS) is 14.6. The summed E-state index contributed by atoms with van der Waals surface area (Å²) in [5, 5.41) is -0.362. The van der Waals surface area contributed by atoms with Gasteiger partial charge in [-0.1, -0.05) is 24.3 Å². The van der Waals surface area contributed by atoms with E-state index in [9.17, 15) is 14.4 Å². The third kappa shape index (κ3) is 5.27. The molecule has 0 radical (unpaired) electrons. The number of para-hydroxylation sites is 2. The third-order valence-corrected chi connectivity index (χ3v) is 5.53. The van der Waals surface area contributed by atoms with Crippen LogP contribution in [0.4, 0.5) is 4.79 Å². The molecule has 1 aromatic heterocycles. The van der Waals surface area contributed by atoms with Gasteiger partial charge in [-0.2, -0.15) is 0 Å². The molecule has 1 saturated heterocycles. The van der Waals surface area contributed by atoms with Crippen LogP contribution in [0.1, 0.15) is 16.1 Å². The lowest BCUT2D eigenvalue weighted by Crippen LogP contribution is -2.32. The van der Waals surface area contributed by atoms with Gasteiger partial charge in [-0.25, -0.2) is 4.79 Å². The summed E-state index contributed by atoms with van der Waals surface area (Å²) < 4.78 is 21.1. The fraction of sp³-hybridized carbons (Fsp3) is 0.125. The average molecular weight is 465 g/mol. The van der Waals surface area contributed by atoms with Crippen LogP contribution in [-0.4, -0.2) is 42.3 Å². The number of methoxy groups -OCH3 is 1. The minimum atomic E-state index is -0.607. The number of hydrogen-bond acceptors (Lipinski definition) is 8. The van der Waals surface area contributed by atoms with Crippen molar-refractivity contribution >= 4 is 35.0 Å². The van der Waals surface area contributed by atoms with Gasteiger partial charge in [0.2, 0.25) is 5.76 Å². The molecule has 33 heavy (non-hydrogen) atoms. The lowest BCUT2D eigenvalue weighted by atomic mass is 10.2. The van der Waals surface area contributed by atoms with Crippen molar-refractivity contribution in [1.82, 2.24) is 4.90 Å². The first-order chi connectivity index (χ1) is 16.0. The Balaban J connectivity index is 1.35. The molecule has 0 unspecified atom stereocenters. The van der Waals surface area contributed by atoms with Gasteiger partial charge in [-0.05, 0) is 59.8 Å². The summed E-state index contributed by atoms with van der Waals surface area (Å²) in [6.07, 6.45) is 3.00. The van der Waals surface area contributed by atoms with Crippen molar-refractivity contribution in [3.05, 3.63) is 83.2 Å². The summed E-state index contributed by atoms with van der Waals surface area (Å²) in [5.41, 5.74) is 0.684. The smallest absolute Gasteiger partial charge is 0.379 e. The van der Waals surface area contributed by atoms with Crippen molar-refractivity contribution in [1.29, 1.82) is 0 Å². The van der Waals surface area contributed by atoms with Crippen LogP contribution in [0.15, 0.2) is 76.2 Å². The highest BCUT2D eigenvalue weighted by molar-refractivity contribution is 8.18. The zero-order valence-electron chi connectivity index (χ0n) is 17.6. The number of furan rings is 1. The van der Waals surface area contributed by atoms with E-state index in [1.165, 1.54) is 12.3 Å². The number of nitrogens with zero attached hydrogens (tertiary/aromatic N) is 1. The fourth-order valence-electron chi connectivity index (χ4n) is 3.01. The van der Waals surface area contributed by atoms with E-state index in [4.69, 9.17) is 18.6 Å². The Bertz CT molecular complexity index is 1190. The molecular formula is C24H19NO7S. The maximum Gasteiger partial charge on any atom is 0.379 e. The predicted molar refractivity (Wildman–Crippen MR) is 121 cm³/mol. The van der Waals surface area contributed by atoms with Crippen molar-refractivity contribution in [3.8, 4) is 17.2 Å². The Hall–Kier alpha value is -3.98. The summed E-state index contributed by atoms with van der Waals surface area (Å²) >= 11 is 0.864. The number of amides is 2. The minimum Gasteiger partial charge on any atom is -0.493 e. The van der Waals surface area contributed by atoms with E-state index in [1.807, 2.05) is 12.1 Å². The molecule has 2 amide bonds. The van der Waals surface area contributed by atoms with Gasteiger partial charge in [0.1, 0.15) is 12.4 Å². The number of hydrogen-bond donors (Lipinski definition) is 0. The average Bonchev–Trinajstić information content (AvgIpc) is 3.45. The largest absolute Gasteiger partial charge is 0.493 e. The van der Waals surface area contributed by atoms with Crippen molar-refractivity contribution in [2.24, 2.45) is 0 Å². The Morgan fingerprint density at radius 1 is 1.03 bits per heavy atom. The summed E-state index contributed by atoms with van der Waals surface area (Å²) in [4.78, 5) is 38.4. The monoisotopic (exact) mass is 465 g/mol. The number of carbonyl (C=O) groups is 3. The van der Waals surface area contributed by atoms with Gasteiger partial charge < -0.3 is 18.6 Å². The molecule has 0 N–H and O–H groups in total. The second-order valence-electron chi connectivity index (χ2n) is 6.77. The van der Waals surface area contributed by atoms with Gasteiger partial charge in [0.25, 0.3) is 11.1 Å². The molecule has 8 nitrogen and oxygen atoms in total. The van der Waals surface area contributed by atoms with E-state index >= 15 is 0 Å². The van der Waals surface area contributed by atoms with E-state index in [1.54, 1.807) is 55.7 Å². The van der Waals surface area contributed by atoms with E-state index < -0.39 is 5.97 Å². The zero-order chi connectivity index (χ0) is 23.2. The molecule has 3 aromatic rings. The molecule has 168 valence electrons. The predicted octanol–water partition coefficient (Wildman–Crippen LogP) is 4.62. The number of ether oxygens (including phenoxy) is 3. The molecule has 0 spiro atoms. The molecule has 1 aliphatic rings. The number of imide groups is 1. The summed E-state index contributed by atoms with van der Waals surface area (Å²) in [6, 6.07) is 16.8. The Morgan fingerprint density at radius 3 is 2.48 bits per heavy atom. The van der Waals surface area contributed by atoms with Crippen LogP contribution in [0, 0.1) is 0 Å². The Morgan fingerprint density at radius 2 is 1.79 bits per heavy atom. The van der Waals surface area contributed by atoms with Crippen LogP contribution in [0.25, 0.3) is 6.08 Å². The quantitative estimate of drug-likeness (QED) is 0.270. The van der Waals surface area contributed by atoms with E-state index in [2.05, 4.69) is 0 Å². The van der Waals surface area contributed by atoms with Crippen LogP contribution in [0.3, 0.4) is 0 Å². The molecule has 0 aliphatic carbocycles. The number of esters is 1. The van der Waals surface area contributed by atoms with Gasteiger partial charge in [-0.3, -0.25) is 14.5 Å². The Kier molecular flexibility index (Phi) is 6.80. The molecule has 9 heteroatoms. The SMILES string of the molecule is COc1ccccc1OCCN1C(=O)S/C(=C\c2ccc(OC(=O)c3ccco3)cc2)C1=O. The van der Waals surface area contributed by atoms with Crippen LogP contribution >= 0.6 is 11.8 Å². The highest BCUT2D eigenvalue weighted by Crippen LogP contribution is 2.32. The molecular weight excluding hydrogens is 446 g/mol. The highest BCUT2D eigenvalue weighted by atomic mass is 32.2. The van der Waals surface area contributed by atoms with Gasteiger partial charge in [0, 0.05) is 0 Å². The molecule has 2 aromatic carbocycles. The van der Waals surface area contributed by atoms with Crippen LogP contribution in [0.2, 0.25) is 0 Å². The van der Waals surface area contributed by atoms with E-state index in [0.717, 1.165) is 16.7 Å². The first-order valence-corrected chi connectivity index (χ1v) is 10.7. The fourth-order valence-corrected chi connectivity index (χ4v) is 3.88. The minimum absolute atomic E-state index is 0.0995. The maximum absolute atomic E-state index is 12.7. The summed E-state index contributed by atoms with van der Waals surface area (Å²) in [6.45, 7) is 0.253. The molecule has 0 bridgehead atoms. The lowest BCUT2D eigenvalue weighted by molar-refractivity contribution is -0.123. The molecule has 0 atom stereocenters. The van der Waals surface area contributed by atoms with Crippen molar-refractivity contribution in [3.63, 3.8) is 0 Å². The maximum atomic E-state index is 12.7. The molecule has 1 aliphatic heterocycles. The van der Waals surface area contributed by atoms with E-state index in [-0.39, 0.29) is 30.1 Å². The van der Waals surface area contributed by atoms with Crippen LogP contribution < -0.4 is 14.2 Å². The van der Waals surface area contributed by atoms with Crippen molar-refractivity contribution in [2.75, 3.05) is 20.3 Å². The van der Waals surface area contributed by atoms with Gasteiger partial charge in [-0.15, -0.1) is 0 Å². The second-order valence-corrected chi connectivity index (χ2v) is 7.76. The number of carbonyl (C=O) groups excluding carboxylic acids is 3. The first kappa shape index (κ1) is 22.2. The summed E-state index contributed by atoms with van der Waals surface area (Å²) in [7, 11) is 1.54. The number of thioether (sulfide) groups is 1. The van der Waals surface area contributed by atoms with Crippen LogP contribution in [-0.2, 0) is 4.79 Å². The van der Waals surface area contributed by atoms with Gasteiger partial charge in [0.05, 0.1) is 24.8 Å². The molecule has 1 fully saturated rings. The molecule has 4 rings (SSSR count). The third-order valence-electron chi connectivity index (χ3n) is 4.63. The summed E-state index contributed by atoms with van der Waals surface area (Å²) in [5.74, 6) is 0.545. The van der Waals surface area contributed by atoms with Crippen molar-refractivity contribution in [2.45, 2.75) is 0 Å². The van der Waals surface area contributed by atoms with Crippen LogP contribution in [0.5, 0.6) is 17.2 Å². The highest BCUT2D eigenvalue weighted by Gasteiger charge is 2.34. The number of benzene rings is 2. The standard InChI is InChI=1S/C24H19NO7S/c1-29-18-5-2-3-6-19(18)31-14-12-25-22(26)21(33-24(25)28)15-16-8-10-17(11-9-16)32-23(27)20-7-4-13-30-20/h2-11,13,15H,12,14H2,1H3/b21-15-. The van der Waals surface area contributed by atoms with Crippen molar-refractivity contribution < 1.29 is 33.0 Å². The Labute approximate surface area is 193 Å². The topological polar surface area (TPSA) is 95.3 Å². The van der Waals surface area contributed by atoms with Gasteiger partial charge >= 0.3 is 5.97 Å². The second kappa shape index (κ2) is 10.1. The first-order valence-electron chi connectivity index (χ1n) is 9.92. The van der Waals surface area contributed by atoms with E-state index in [0.29, 0.717) is 27.7 Å². The lowest BCUT2D eigenvalue weighted by Gasteiger charge is -2.14. The molecule has 2 heterocycles. The number of rotatable bonds is 8.